The summed E-state index contributed by atoms with van der Waals surface area (Å²) in [5.74, 6) is 0.692. The quantitative estimate of drug-likeness (QED) is 0.482. The lowest BCUT2D eigenvalue weighted by atomic mass is 10.2. The zero-order valence-electron chi connectivity index (χ0n) is 10.5. The van der Waals surface area contributed by atoms with Gasteiger partial charge in [-0.3, -0.25) is 9.69 Å². The molecule has 1 aliphatic rings. The van der Waals surface area contributed by atoms with Crippen LogP contribution in [0.15, 0.2) is 52.0 Å². The van der Waals surface area contributed by atoms with Crippen LogP contribution in [0.3, 0.4) is 0 Å². The highest BCUT2D eigenvalue weighted by atomic mass is 32.2. The molecule has 5 heteroatoms. The van der Waals surface area contributed by atoms with Crippen LogP contribution < -0.4 is 0 Å². The Kier molecular flexibility index (Phi) is 4.39. The van der Waals surface area contributed by atoms with Crippen molar-refractivity contribution in [1.82, 2.24) is 4.90 Å². The Bertz CT molecular complexity index is 570. The smallest absolute Gasteiger partial charge is 0.266 e. The number of hydrogen-bond acceptors (Lipinski definition) is 4. The van der Waals surface area contributed by atoms with Crippen LogP contribution in [0.2, 0.25) is 0 Å². The van der Waals surface area contributed by atoms with Gasteiger partial charge in [-0.05, 0) is 36.8 Å². The largest absolute Gasteiger partial charge is 0.465 e. The van der Waals surface area contributed by atoms with E-state index < -0.39 is 0 Å². The Hall–Kier alpha value is -1.59. The molecule has 1 aliphatic heterocycles. The number of nitrogens with zero attached hydrogens (tertiary/aromatic N) is 1. The van der Waals surface area contributed by atoms with E-state index in [0.29, 0.717) is 15.8 Å². The number of thiocarbonyl (C=S) groups is 1. The molecule has 1 aromatic rings. The number of thioether (sulfide) groups is 1. The van der Waals surface area contributed by atoms with E-state index in [1.54, 1.807) is 17.2 Å². The van der Waals surface area contributed by atoms with Gasteiger partial charge in [-0.2, -0.15) is 0 Å². The predicted molar refractivity (Wildman–Crippen MR) is 82.5 cm³/mol. The van der Waals surface area contributed by atoms with Crippen molar-refractivity contribution in [3.8, 4) is 0 Å². The second-order valence-electron chi connectivity index (χ2n) is 3.98. The number of carbonyl (C=O) groups is 1. The van der Waals surface area contributed by atoms with Crippen LogP contribution in [0.4, 0.5) is 0 Å². The van der Waals surface area contributed by atoms with Gasteiger partial charge in [0.05, 0.1) is 11.2 Å². The minimum atomic E-state index is -0.0675. The highest BCUT2D eigenvalue weighted by molar-refractivity contribution is 8.26. The summed E-state index contributed by atoms with van der Waals surface area (Å²) in [4.78, 5) is 14.3. The lowest BCUT2D eigenvalue weighted by molar-refractivity contribution is -0.121. The fourth-order valence-electron chi connectivity index (χ4n) is 1.63. The Morgan fingerprint density at radius 3 is 3.05 bits per heavy atom. The van der Waals surface area contributed by atoms with E-state index in [2.05, 4.69) is 6.58 Å². The molecule has 1 fully saturated rings. The van der Waals surface area contributed by atoms with E-state index in [0.717, 1.165) is 11.3 Å². The Labute approximate surface area is 121 Å². The highest BCUT2D eigenvalue weighted by Crippen LogP contribution is 2.31. The first-order valence-electron chi connectivity index (χ1n) is 5.70. The first kappa shape index (κ1) is 13.8. The second kappa shape index (κ2) is 6.04. The third-order valence-corrected chi connectivity index (χ3v) is 3.83. The topological polar surface area (TPSA) is 33.5 Å². The molecule has 2 rings (SSSR count). The van der Waals surface area contributed by atoms with Gasteiger partial charge in [0.1, 0.15) is 10.1 Å². The average molecular weight is 291 g/mol. The second-order valence-corrected chi connectivity index (χ2v) is 5.66. The van der Waals surface area contributed by atoms with E-state index in [-0.39, 0.29) is 5.91 Å². The fourth-order valence-corrected chi connectivity index (χ4v) is 2.96. The first-order valence-corrected chi connectivity index (χ1v) is 6.92. The lowest BCUT2D eigenvalue weighted by Gasteiger charge is -2.10. The minimum absolute atomic E-state index is 0.0675. The molecule has 1 saturated heterocycles. The van der Waals surface area contributed by atoms with Gasteiger partial charge in [-0.15, -0.1) is 6.58 Å². The molecule has 1 aromatic heterocycles. The van der Waals surface area contributed by atoms with Gasteiger partial charge in [-0.25, -0.2) is 0 Å². The van der Waals surface area contributed by atoms with Gasteiger partial charge in [-0.1, -0.05) is 30.1 Å². The molecule has 19 heavy (non-hydrogen) atoms. The maximum Gasteiger partial charge on any atom is 0.266 e. The van der Waals surface area contributed by atoms with Gasteiger partial charge in [0, 0.05) is 6.54 Å². The normalized spacial score (nSPS) is 18.5. The third-order valence-electron chi connectivity index (χ3n) is 2.46. The molecule has 0 radical (unpaired) electrons. The molecule has 0 aliphatic carbocycles. The average Bonchev–Trinajstić information content (AvgIpc) is 2.94. The molecule has 2 heterocycles. The Morgan fingerprint density at radius 1 is 1.63 bits per heavy atom. The van der Waals surface area contributed by atoms with Gasteiger partial charge in [0.25, 0.3) is 5.91 Å². The van der Waals surface area contributed by atoms with Crippen molar-refractivity contribution in [2.24, 2.45) is 0 Å². The Morgan fingerprint density at radius 2 is 2.42 bits per heavy atom. The van der Waals surface area contributed by atoms with Crippen molar-refractivity contribution in [3.05, 3.63) is 53.4 Å². The SMILES string of the molecule is C=CCN1C(=O)/C(=C/C(C)=C/c2ccco2)SC1=S. The minimum Gasteiger partial charge on any atom is -0.465 e. The van der Waals surface area contributed by atoms with E-state index in [9.17, 15) is 4.79 Å². The first-order chi connectivity index (χ1) is 9.11. The molecule has 0 aromatic carbocycles. The molecule has 0 spiro atoms. The lowest BCUT2D eigenvalue weighted by Crippen LogP contribution is -2.27. The zero-order valence-corrected chi connectivity index (χ0v) is 12.1. The fraction of sp³-hybridized carbons (Fsp3) is 0.143. The van der Waals surface area contributed by atoms with Gasteiger partial charge in [0.15, 0.2) is 0 Å². The van der Waals surface area contributed by atoms with Crippen LogP contribution in [-0.2, 0) is 4.79 Å². The van der Waals surface area contributed by atoms with Gasteiger partial charge < -0.3 is 4.42 Å². The summed E-state index contributed by atoms with van der Waals surface area (Å²) in [6.45, 7) is 5.99. The molecular weight excluding hydrogens is 278 g/mol. The number of carbonyl (C=O) groups excluding carboxylic acids is 1. The zero-order chi connectivity index (χ0) is 13.8. The van der Waals surface area contributed by atoms with Crippen LogP contribution in [0.5, 0.6) is 0 Å². The molecule has 0 saturated carbocycles. The summed E-state index contributed by atoms with van der Waals surface area (Å²) in [5.41, 5.74) is 0.939. The van der Waals surface area contributed by atoms with E-state index in [1.165, 1.54) is 11.8 Å². The van der Waals surface area contributed by atoms with Crippen molar-refractivity contribution in [2.45, 2.75) is 6.92 Å². The van der Waals surface area contributed by atoms with Crippen molar-refractivity contribution in [2.75, 3.05) is 6.54 Å². The molecule has 0 bridgehead atoms. The number of allylic oxidation sites excluding steroid dienone is 2. The molecular formula is C14H13NO2S2. The number of hydrogen-bond donors (Lipinski definition) is 0. The van der Waals surface area contributed by atoms with Crippen LogP contribution in [0, 0.1) is 0 Å². The summed E-state index contributed by atoms with van der Waals surface area (Å²) < 4.78 is 5.80. The number of furan rings is 1. The molecule has 0 unspecified atom stereocenters. The standard InChI is InChI=1S/C14H13NO2S2/c1-3-6-15-13(16)12(19-14(15)18)9-10(2)8-11-5-4-7-17-11/h3-5,7-9H,1,6H2,2H3/b10-8+,12-9-. The predicted octanol–water partition coefficient (Wildman–Crippen LogP) is 3.61. The highest BCUT2D eigenvalue weighted by Gasteiger charge is 2.30. The molecule has 1 amide bonds. The molecule has 3 nitrogen and oxygen atoms in total. The monoisotopic (exact) mass is 291 g/mol. The van der Waals surface area contributed by atoms with Crippen molar-refractivity contribution in [3.63, 3.8) is 0 Å². The van der Waals surface area contributed by atoms with Crippen LogP contribution in [0.25, 0.3) is 6.08 Å². The number of rotatable bonds is 4. The van der Waals surface area contributed by atoms with Gasteiger partial charge >= 0.3 is 0 Å². The molecule has 98 valence electrons. The summed E-state index contributed by atoms with van der Waals surface area (Å²) >= 11 is 6.48. The van der Waals surface area contributed by atoms with Crippen LogP contribution in [-0.4, -0.2) is 21.7 Å². The third kappa shape index (κ3) is 3.24. The molecule has 0 N–H and O–H groups in total. The van der Waals surface area contributed by atoms with E-state index >= 15 is 0 Å². The maximum absolute atomic E-state index is 12.1. The van der Waals surface area contributed by atoms with Gasteiger partial charge in [0.2, 0.25) is 0 Å². The van der Waals surface area contributed by atoms with Crippen molar-refractivity contribution >= 4 is 40.3 Å². The maximum atomic E-state index is 12.1. The van der Waals surface area contributed by atoms with Crippen LogP contribution >= 0.6 is 24.0 Å². The summed E-state index contributed by atoms with van der Waals surface area (Å²) in [6, 6.07) is 3.68. The summed E-state index contributed by atoms with van der Waals surface area (Å²) in [6.07, 6.45) is 6.98. The summed E-state index contributed by atoms with van der Waals surface area (Å²) in [7, 11) is 0. The summed E-state index contributed by atoms with van der Waals surface area (Å²) in [5, 5.41) is 0. The van der Waals surface area contributed by atoms with Crippen molar-refractivity contribution < 1.29 is 9.21 Å². The van der Waals surface area contributed by atoms with E-state index in [1.807, 2.05) is 31.2 Å². The number of amides is 1. The Balaban J connectivity index is 2.18. The van der Waals surface area contributed by atoms with E-state index in [4.69, 9.17) is 16.6 Å². The van der Waals surface area contributed by atoms with Crippen molar-refractivity contribution in [1.29, 1.82) is 0 Å². The molecule has 0 atom stereocenters. The van der Waals surface area contributed by atoms with Crippen LogP contribution in [0.1, 0.15) is 12.7 Å².